The molecule has 1 atom stereocenters. The maximum atomic E-state index is 14.1. The molecule has 1 N–H and O–H groups in total. The van der Waals surface area contributed by atoms with Crippen molar-refractivity contribution >= 4 is 28.9 Å². The lowest BCUT2D eigenvalue weighted by molar-refractivity contribution is -0.127. The Kier molecular flexibility index (Phi) is 7.07. The van der Waals surface area contributed by atoms with E-state index in [1.807, 2.05) is 19.9 Å². The summed E-state index contributed by atoms with van der Waals surface area (Å²) in [5.41, 5.74) is 4.16. The SMILES string of the molecule is CCC(F)(F)c1cccc(NC(=O)C2C(=O)N(c3ccc(OC)c(-c4cc(C)ncc4C)c3)N=C2C)c1. The number of rotatable bonds is 7. The molecule has 2 heterocycles. The second-order valence-corrected chi connectivity index (χ2v) is 8.98. The third-order valence-electron chi connectivity index (χ3n) is 6.35. The molecule has 1 aliphatic rings. The average molecular weight is 507 g/mol. The number of hydrogen-bond donors (Lipinski definition) is 1. The summed E-state index contributed by atoms with van der Waals surface area (Å²) < 4.78 is 33.8. The van der Waals surface area contributed by atoms with Crippen molar-refractivity contribution in [2.75, 3.05) is 17.4 Å². The third-order valence-corrected chi connectivity index (χ3v) is 6.35. The van der Waals surface area contributed by atoms with Crippen LogP contribution in [0.15, 0.2) is 59.8 Å². The molecular weight excluding hydrogens is 478 g/mol. The van der Waals surface area contributed by atoms with Crippen LogP contribution >= 0.6 is 0 Å². The van der Waals surface area contributed by atoms with Gasteiger partial charge in [-0.05, 0) is 68.3 Å². The summed E-state index contributed by atoms with van der Waals surface area (Å²) in [6.07, 6.45) is 1.40. The quantitative estimate of drug-likeness (QED) is 0.407. The summed E-state index contributed by atoms with van der Waals surface area (Å²) in [5, 5.41) is 8.13. The monoisotopic (exact) mass is 506 g/mol. The van der Waals surface area contributed by atoms with Gasteiger partial charge in [-0.25, -0.2) is 8.78 Å². The smallest absolute Gasteiger partial charge is 0.273 e. The van der Waals surface area contributed by atoms with E-state index in [0.717, 1.165) is 22.4 Å². The number of nitrogens with zero attached hydrogens (tertiary/aromatic N) is 3. The molecule has 0 radical (unpaired) electrons. The van der Waals surface area contributed by atoms with E-state index < -0.39 is 23.7 Å². The van der Waals surface area contributed by atoms with Gasteiger partial charge >= 0.3 is 0 Å². The minimum atomic E-state index is -3.02. The molecule has 1 aliphatic heterocycles. The van der Waals surface area contributed by atoms with Crippen LogP contribution in [-0.2, 0) is 15.5 Å². The van der Waals surface area contributed by atoms with E-state index in [-0.39, 0.29) is 17.7 Å². The van der Waals surface area contributed by atoms with E-state index in [9.17, 15) is 18.4 Å². The number of carbonyl (C=O) groups is 2. The van der Waals surface area contributed by atoms with Gasteiger partial charge in [0.05, 0.1) is 18.5 Å². The highest BCUT2D eigenvalue weighted by Crippen LogP contribution is 2.37. The molecule has 0 saturated heterocycles. The number of carbonyl (C=O) groups excluding carboxylic acids is 2. The first kappa shape index (κ1) is 25.9. The first-order valence-corrected chi connectivity index (χ1v) is 11.9. The highest BCUT2D eigenvalue weighted by molar-refractivity contribution is 6.28. The zero-order valence-corrected chi connectivity index (χ0v) is 21.3. The van der Waals surface area contributed by atoms with E-state index in [1.165, 1.54) is 36.2 Å². The van der Waals surface area contributed by atoms with Gasteiger partial charge in [-0.2, -0.15) is 10.1 Å². The minimum absolute atomic E-state index is 0.185. The molecule has 0 aliphatic carbocycles. The third kappa shape index (κ3) is 5.07. The second kappa shape index (κ2) is 10.1. The van der Waals surface area contributed by atoms with E-state index in [4.69, 9.17) is 4.74 Å². The van der Waals surface area contributed by atoms with Gasteiger partial charge in [-0.1, -0.05) is 19.1 Å². The number of aryl methyl sites for hydroxylation is 2. The molecule has 7 nitrogen and oxygen atoms in total. The Bertz CT molecular complexity index is 1400. The van der Waals surface area contributed by atoms with E-state index in [2.05, 4.69) is 15.4 Å². The topological polar surface area (TPSA) is 83.9 Å². The van der Waals surface area contributed by atoms with Crippen LogP contribution in [0.2, 0.25) is 0 Å². The number of benzene rings is 2. The van der Waals surface area contributed by atoms with Gasteiger partial charge in [0.2, 0.25) is 5.91 Å². The number of halogens is 2. The van der Waals surface area contributed by atoms with Crippen LogP contribution in [0.25, 0.3) is 11.1 Å². The molecule has 0 saturated carbocycles. The number of pyridine rings is 1. The lowest BCUT2D eigenvalue weighted by Crippen LogP contribution is -2.36. The summed E-state index contributed by atoms with van der Waals surface area (Å²) in [6.45, 7) is 6.80. The summed E-state index contributed by atoms with van der Waals surface area (Å²) in [5.74, 6) is -4.77. The van der Waals surface area contributed by atoms with Crippen LogP contribution in [0, 0.1) is 19.8 Å². The molecule has 192 valence electrons. The van der Waals surface area contributed by atoms with Gasteiger partial charge in [0.1, 0.15) is 5.75 Å². The molecule has 0 fully saturated rings. The molecule has 3 aromatic rings. The van der Waals surface area contributed by atoms with Crippen LogP contribution in [0.1, 0.15) is 37.1 Å². The Morgan fingerprint density at radius 3 is 2.57 bits per heavy atom. The number of amides is 2. The molecule has 2 aromatic carbocycles. The van der Waals surface area contributed by atoms with E-state index in [0.29, 0.717) is 17.1 Å². The van der Waals surface area contributed by atoms with Crippen molar-refractivity contribution in [3.63, 3.8) is 0 Å². The summed E-state index contributed by atoms with van der Waals surface area (Å²) in [7, 11) is 1.57. The fourth-order valence-corrected chi connectivity index (χ4v) is 4.25. The summed E-state index contributed by atoms with van der Waals surface area (Å²) in [6, 6.07) is 12.6. The number of aromatic nitrogens is 1. The highest BCUT2D eigenvalue weighted by atomic mass is 19.3. The standard InChI is InChI=1S/C28H28F2N4O3/c1-6-28(29,30)19-8-7-9-20(13-19)32-26(35)25-18(4)33-34(27(25)36)21-10-11-24(37-5)23(14-21)22-12-17(3)31-15-16(22)2/h7-15,25H,6H2,1-5H3,(H,32,35). The van der Waals surface area contributed by atoms with Crippen LogP contribution in [0.4, 0.5) is 20.2 Å². The fourth-order valence-electron chi connectivity index (χ4n) is 4.25. The second-order valence-electron chi connectivity index (χ2n) is 8.98. The van der Waals surface area contributed by atoms with Crippen molar-refractivity contribution in [2.45, 2.75) is 40.0 Å². The van der Waals surface area contributed by atoms with Crippen molar-refractivity contribution in [3.8, 4) is 16.9 Å². The molecule has 0 spiro atoms. The number of methoxy groups -OCH3 is 1. The molecular formula is C28H28F2N4O3. The Morgan fingerprint density at radius 2 is 1.86 bits per heavy atom. The van der Waals surface area contributed by atoms with Crippen LogP contribution in [0.5, 0.6) is 5.75 Å². The van der Waals surface area contributed by atoms with Crippen LogP contribution in [-0.4, -0.2) is 29.6 Å². The normalized spacial score (nSPS) is 15.5. The lowest BCUT2D eigenvalue weighted by atomic mass is 9.99. The predicted molar refractivity (Wildman–Crippen MR) is 139 cm³/mol. The van der Waals surface area contributed by atoms with Gasteiger partial charge in [-0.3, -0.25) is 14.6 Å². The predicted octanol–water partition coefficient (Wildman–Crippen LogP) is 5.85. The number of hydrazone groups is 1. The zero-order valence-electron chi connectivity index (χ0n) is 21.3. The molecule has 0 bridgehead atoms. The van der Waals surface area contributed by atoms with Crippen molar-refractivity contribution in [2.24, 2.45) is 11.0 Å². The number of hydrogen-bond acceptors (Lipinski definition) is 5. The molecule has 37 heavy (non-hydrogen) atoms. The summed E-state index contributed by atoms with van der Waals surface area (Å²) in [4.78, 5) is 30.7. The molecule has 1 aromatic heterocycles. The van der Waals surface area contributed by atoms with Gasteiger partial charge in [-0.15, -0.1) is 0 Å². The largest absolute Gasteiger partial charge is 0.496 e. The van der Waals surface area contributed by atoms with Gasteiger partial charge < -0.3 is 10.1 Å². The van der Waals surface area contributed by atoms with E-state index in [1.54, 1.807) is 38.4 Å². The molecule has 9 heteroatoms. The number of ether oxygens (including phenoxy) is 1. The van der Waals surface area contributed by atoms with Crippen LogP contribution in [0.3, 0.4) is 0 Å². The first-order chi connectivity index (χ1) is 17.6. The molecule has 1 unspecified atom stereocenters. The van der Waals surface area contributed by atoms with Gasteiger partial charge in [0.15, 0.2) is 5.92 Å². The maximum Gasteiger partial charge on any atom is 0.273 e. The highest BCUT2D eigenvalue weighted by Gasteiger charge is 2.40. The number of nitrogens with one attached hydrogen (secondary N) is 1. The minimum Gasteiger partial charge on any atom is -0.496 e. The number of alkyl halides is 2. The number of anilines is 2. The van der Waals surface area contributed by atoms with Gasteiger partial charge in [0, 0.05) is 35.1 Å². The Balaban J connectivity index is 1.61. The van der Waals surface area contributed by atoms with Crippen molar-refractivity contribution in [3.05, 3.63) is 71.5 Å². The Labute approximate surface area is 214 Å². The zero-order chi connectivity index (χ0) is 26.9. The Hall–Kier alpha value is -4.14. The van der Waals surface area contributed by atoms with Crippen LogP contribution < -0.4 is 15.1 Å². The Morgan fingerprint density at radius 1 is 1.11 bits per heavy atom. The van der Waals surface area contributed by atoms with Crippen molar-refractivity contribution < 1.29 is 23.1 Å². The molecule has 2 amide bonds. The fraction of sp³-hybridized carbons (Fsp3) is 0.286. The van der Waals surface area contributed by atoms with Crippen molar-refractivity contribution in [1.82, 2.24) is 4.98 Å². The maximum absolute atomic E-state index is 14.1. The van der Waals surface area contributed by atoms with E-state index >= 15 is 0 Å². The summed E-state index contributed by atoms with van der Waals surface area (Å²) >= 11 is 0. The lowest BCUT2D eigenvalue weighted by Gasteiger charge is -2.18. The van der Waals surface area contributed by atoms with Gasteiger partial charge in [0.25, 0.3) is 11.8 Å². The van der Waals surface area contributed by atoms with Crippen molar-refractivity contribution in [1.29, 1.82) is 0 Å². The first-order valence-electron chi connectivity index (χ1n) is 11.9. The molecule has 4 rings (SSSR count). The average Bonchev–Trinajstić information content (AvgIpc) is 3.18.